The van der Waals surface area contributed by atoms with Crippen LogP contribution in [0.25, 0.3) is 0 Å². The van der Waals surface area contributed by atoms with Gasteiger partial charge in [-0.05, 0) is 31.7 Å². The van der Waals surface area contributed by atoms with Gasteiger partial charge in [-0.3, -0.25) is 4.90 Å². The Labute approximate surface area is 92.8 Å². The van der Waals surface area contributed by atoms with Crippen LogP contribution in [-0.4, -0.2) is 29.0 Å². The molecular weight excluding hydrogens is 192 g/mol. The molecule has 1 aliphatic rings. The van der Waals surface area contributed by atoms with Crippen molar-refractivity contribution < 1.29 is 0 Å². The van der Waals surface area contributed by atoms with Crippen molar-refractivity contribution >= 4 is 17.2 Å². The Bertz CT molecular complexity index is 188. The van der Waals surface area contributed by atoms with E-state index in [9.17, 15) is 0 Å². The molecule has 1 saturated carbocycles. The number of hydrogen-bond acceptors (Lipinski definition) is 2. The summed E-state index contributed by atoms with van der Waals surface area (Å²) in [6, 6.07) is 0.836. The highest BCUT2D eigenvalue weighted by atomic mass is 32.1. The lowest BCUT2D eigenvalue weighted by molar-refractivity contribution is 0.255. The largest absolute Gasteiger partial charge is 0.393 e. The van der Waals surface area contributed by atoms with Crippen LogP contribution in [0.1, 0.15) is 39.5 Å². The van der Waals surface area contributed by atoms with Crippen molar-refractivity contribution in [1.82, 2.24) is 4.90 Å². The fourth-order valence-electron chi connectivity index (χ4n) is 1.59. The summed E-state index contributed by atoms with van der Waals surface area (Å²) in [5, 5.41) is 0. The Morgan fingerprint density at radius 3 is 2.50 bits per heavy atom. The molecule has 0 aromatic heterocycles. The second-order valence-corrected chi connectivity index (χ2v) is 5.19. The molecule has 1 aliphatic carbocycles. The topological polar surface area (TPSA) is 29.3 Å². The molecule has 1 fully saturated rings. The van der Waals surface area contributed by atoms with Gasteiger partial charge < -0.3 is 5.73 Å². The second kappa shape index (κ2) is 5.66. The van der Waals surface area contributed by atoms with Gasteiger partial charge in [0.15, 0.2) is 0 Å². The van der Waals surface area contributed by atoms with Gasteiger partial charge in [-0.1, -0.05) is 26.1 Å². The Balaban J connectivity index is 2.20. The monoisotopic (exact) mass is 214 g/mol. The zero-order valence-electron chi connectivity index (χ0n) is 9.33. The van der Waals surface area contributed by atoms with Gasteiger partial charge in [0.25, 0.3) is 0 Å². The van der Waals surface area contributed by atoms with E-state index in [0.29, 0.717) is 4.99 Å². The zero-order valence-corrected chi connectivity index (χ0v) is 10.1. The molecule has 2 N–H and O–H groups in total. The van der Waals surface area contributed by atoms with Crippen LogP contribution in [0, 0.1) is 5.92 Å². The Hall–Kier alpha value is -0.150. The Morgan fingerprint density at radius 1 is 1.43 bits per heavy atom. The van der Waals surface area contributed by atoms with Crippen molar-refractivity contribution in [2.45, 2.75) is 45.6 Å². The Morgan fingerprint density at radius 2 is 2.07 bits per heavy atom. The first kappa shape index (κ1) is 11.9. The van der Waals surface area contributed by atoms with Crippen LogP contribution in [0.4, 0.5) is 0 Å². The molecule has 0 heterocycles. The molecular formula is C11H22N2S. The molecule has 1 rings (SSSR count). The number of rotatable bonds is 7. The van der Waals surface area contributed by atoms with Crippen molar-refractivity contribution in [3.63, 3.8) is 0 Å². The molecule has 0 amide bonds. The van der Waals surface area contributed by atoms with Crippen LogP contribution in [0.5, 0.6) is 0 Å². The fraction of sp³-hybridized carbons (Fsp3) is 0.909. The predicted molar refractivity (Wildman–Crippen MR) is 65.5 cm³/mol. The molecule has 2 nitrogen and oxygen atoms in total. The van der Waals surface area contributed by atoms with Gasteiger partial charge in [0.2, 0.25) is 0 Å². The van der Waals surface area contributed by atoms with Crippen LogP contribution < -0.4 is 5.73 Å². The third-order valence-electron chi connectivity index (χ3n) is 2.70. The summed E-state index contributed by atoms with van der Waals surface area (Å²) in [7, 11) is 0. The predicted octanol–water partition coefficient (Wildman–Crippen LogP) is 2.17. The lowest BCUT2D eigenvalue weighted by Crippen LogP contribution is -2.31. The molecule has 0 radical (unpaired) electrons. The van der Waals surface area contributed by atoms with E-state index in [2.05, 4.69) is 18.7 Å². The van der Waals surface area contributed by atoms with E-state index >= 15 is 0 Å². The maximum absolute atomic E-state index is 5.52. The Kier molecular flexibility index (Phi) is 4.82. The molecule has 0 atom stereocenters. The number of hydrogen-bond donors (Lipinski definition) is 1. The average Bonchev–Trinajstić information content (AvgIpc) is 2.86. The van der Waals surface area contributed by atoms with Crippen molar-refractivity contribution in [3.05, 3.63) is 0 Å². The van der Waals surface area contributed by atoms with E-state index in [1.807, 2.05) is 0 Å². The van der Waals surface area contributed by atoms with Gasteiger partial charge in [0.1, 0.15) is 0 Å². The van der Waals surface area contributed by atoms with Gasteiger partial charge >= 0.3 is 0 Å². The van der Waals surface area contributed by atoms with Crippen molar-refractivity contribution in [1.29, 1.82) is 0 Å². The van der Waals surface area contributed by atoms with Gasteiger partial charge in [0, 0.05) is 19.0 Å². The van der Waals surface area contributed by atoms with Crippen LogP contribution in [0.15, 0.2) is 0 Å². The molecule has 0 aromatic rings. The first-order valence-corrected chi connectivity index (χ1v) is 6.02. The van der Waals surface area contributed by atoms with Crippen LogP contribution in [0.2, 0.25) is 0 Å². The molecule has 0 unspecified atom stereocenters. The van der Waals surface area contributed by atoms with E-state index in [0.717, 1.165) is 24.9 Å². The van der Waals surface area contributed by atoms with Crippen molar-refractivity contribution in [3.8, 4) is 0 Å². The summed E-state index contributed by atoms with van der Waals surface area (Å²) in [4.78, 5) is 3.21. The first-order chi connectivity index (χ1) is 6.59. The fourth-order valence-corrected chi connectivity index (χ4v) is 1.69. The molecule has 82 valence electrons. The van der Waals surface area contributed by atoms with E-state index in [1.165, 1.54) is 25.8 Å². The average molecular weight is 214 g/mol. The summed E-state index contributed by atoms with van der Waals surface area (Å²) in [5.74, 6) is 0.793. The second-order valence-electron chi connectivity index (χ2n) is 4.67. The molecule has 0 aliphatic heterocycles. The standard InChI is InChI=1S/C11H22N2S/c1-9(2)5-7-13(10-3-4-10)8-6-11(12)14/h9-10H,3-8H2,1-2H3,(H2,12,14). The van der Waals surface area contributed by atoms with E-state index in [1.54, 1.807) is 0 Å². The minimum atomic E-state index is 0.653. The highest BCUT2D eigenvalue weighted by Crippen LogP contribution is 2.27. The molecule has 0 spiro atoms. The quantitative estimate of drug-likeness (QED) is 0.659. The molecule has 0 saturated heterocycles. The van der Waals surface area contributed by atoms with E-state index in [4.69, 9.17) is 18.0 Å². The molecule has 0 aromatic carbocycles. The van der Waals surface area contributed by atoms with Crippen molar-refractivity contribution in [2.75, 3.05) is 13.1 Å². The van der Waals surface area contributed by atoms with Gasteiger partial charge in [0.05, 0.1) is 4.99 Å². The van der Waals surface area contributed by atoms with Crippen LogP contribution in [-0.2, 0) is 0 Å². The lowest BCUT2D eigenvalue weighted by Gasteiger charge is -2.22. The highest BCUT2D eigenvalue weighted by molar-refractivity contribution is 7.80. The number of thiocarbonyl (C=S) groups is 1. The smallest absolute Gasteiger partial charge is 0.0740 e. The number of nitrogens with zero attached hydrogens (tertiary/aromatic N) is 1. The highest BCUT2D eigenvalue weighted by Gasteiger charge is 2.28. The molecule has 3 heteroatoms. The third kappa shape index (κ3) is 4.91. The summed E-state index contributed by atoms with van der Waals surface area (Å²) in [6.45, 7) is 6.83. The normalized spacial score (nSPS) is 16.6. The first-order valence-electron chi connectivity index (χ1n) is 5.62. The van der Waals surface area contributed by atoms with E-state index in [-0.39, 0.29) is 0 Å². The third-order valence-corrected chi connectivity index (χ3v) is 2.91. The summed E-state index contributed by atoms with van der Waals surface area (Å²) >= 11 is 4.91. The number of nitrogens with two attached hydrogens (primary N) is 1. The molecule has 14 heavy (non-hydrogen) atoms. The maximum atomic E-state index is 5.52. The van der Waals surface area contributed by atoms with Gasteiger partial charge in [-0.2, -0.15) is 0 Å². The SMILES string of the molecule is CC(C)CCN(CCC(N)=S)C1CC1. The molecule has 0 bridgehead atoms. The zero-order chi connectivity index (χ0) is 10.6. The lowest BCUT2D eigenvalue weighted by atomic mass is 10.1. The summed E-state index contributed by atoms with van der Waals surface area (Å²) < 4.78 is 0. The van der Waals surface area contributed by atoms with Crippen LogP contribution in [0.3, 0.4) is 0 Å². The van der Waals surface area contributed by atoms with Gasteiger partial charge in [-0.25, -0.2) is 0 Å². The van der Waals surface area contributed by atoms with Crippen LogP contribution >= 0.6 is 12.2 Å². The minimum Gasteiger partial charge on any atom is -0.393 e. The van der Waals surface area contributed by atoms with E-state index < -0.39 is 0 Å². The minimum absolute atomic E-state index is 0.653. The maximum Gasteiger partial charge on any atom is 0.0740 e. The van der Waals surface area contributed by atoms with Crippen molar-refractivity contribution in [2.24, 2.45) is 11.7 Å². The summed E-state index contributed by atoms with van der Waals surface area (Å²) in [5.41, 5.74) is 5.52. The van der Waals surface area contributed by atoms with Gasteiger partial charge in [-0.15, -0.1) is 0 Å². The summed E-state index contributed by atoms with van der Waals surface area (Å²) in [6.07, 6.45) is 4.91.